The highest BCUT2D eigenvalue weighted by atomic mass is 16.1. The predicted molar refractivity (Wildman–Crippen MR) is 155 cm³/mol. The first-order valence-corrected chi connectivity index (χ1v) is 13.8. The summed E-state index contributed by atoms with van der Waals surface area (Å²) in [4.78, 5) is 29.2. The van der Waals surface area contributed by atoms with Crippen LogP contribution in [0, 0.1) is 6.92 Å². The number of rotatable bonds is 6. The van der Waals surface area contributed by atoms with Gasteiger partial charge in [0.2, 0.25) is 0 Å². The van der Waals surface area contributed by atoms with Gasteiger partial charge in [0.1, 0.15) is 6.04 Å². The van der Waals surface area contributed by atoms with Crippen LogP contribution in [0.15, 0.2) is 84.9 Å². The topological polar surface area (TPSA) is 66.4 Å². The van der Waals surface area contributed by atoms with E-state index in [1.165, 1.54) is 30.5 Å². The average Bonchev–Trinajstić information content (AvgIpc) is 3.25. The van der Waals surface area contributed by atoms with Crippen molar-refractivity contribution in [3.63, 3.8) is 0 Å². The summed E-state index contributed by atoms with van der Waals surface area (Å²) in [5, 5.41) is 6.50. The number of carbonyl (C=O) groups excluding carboxylic acids is 2. The van der Waals surface area contributed by atoms with E-state index in [4.69, 9.17) is 0 Å². The maximum Gasteiger partial charge on any atom is 0.255 e. The molecule has 0 bridgehead atoms. The van der Waals surface area contributed by atoms with Crippen molar-refractivity contribution in [3.05, 3.63) is 119 Å². The van der Waals surface area contributed by atoms with Gasteiger partial charge < -0.3 is 15.2 Å². The summed E-state index contributed by atoms with van der Waals surface area (Å²) >= 11 is 0. The van der Waals surface area contributed by atoms with Crippen molar-refractivity contribution < 1.29 is 9.59 Å². The lowest BCUT2D eigenvalue weighted by molar-refractivity contribution is 0.0966. The van der Waals surface area contributed by atoms with E-state index in [-0.39, 0.29) is 11.7 Å². The Labute approximate surface area is 229 Å². The SMILES string of the molecule is Cc1ccccc1C(=O)Nc1ccc(C(=O)C2Nc3ccccc3Cn3c(CN4CCCCC4)ccc32)cc1. The van der Waals surface area contributed by atoms with Crippen molar-refractivity contribution in [1.82, 2.24) is 9.47 Å². The number of fused-ring (bicyclic) bond motifs is 2. The summed E-state index contributed by atoms with van der Waals surface area (Å²) in [5.74, 6) is -0.152. The van der Waals surface area contributed by atoms with Crippen LogP contribution in [0.5, 0.6) is 0 Å². The molecule has 0 spiro atoms. The van der Waals surface area contributed by atoms with Gasteiger partial charge in [0.05, 0.1) is 0 Å². The number of hydrogen-bond acceptors (Lipinski definition) is 4. The summed E-state index contributed by atoms with van der Waals surface area (Å²) in [6.45, 7) is 5.82. The average molecular weight is 519 g/mol. The molecule has 0 aliphatic carbocycles. The van der Waals surface area contributed by atoms with Crippen LogP contribution in [0.3, 0.4) is 0 Å². The molecule has 3 aromatic carbocycles. The monoisotopic (exact) mass is 518 g/mol. The summed E-state index contributed by atoms with van der Waals surface area (Å²) in [6, 6.07) is 26.7. The van der Waals surface area contributed by atoms with Gasteiger partial charge in [0, 0.05) is 47.0 Å². The number of aryl methyl sites for hydroxylation is 1. The number of piperidine rings is 1. The first-order valence-electron chi connectivity index (χ1n) is 13.8. The third-order valence-corrected chi connectivity index (χ3v) is 7.96. The Morgan fingerprint density at radius 3 is 2.41 bits per heavy atom. The van der Waals surface area contributed by atoms with Crippen LogP contribution in [-0.4, -0.2) is 34.2 Å². The van der Waals surface area contributed by atoms with E-state index in [1.54, 1.807) is 24.3 Å². The van der Waals surface area contributed by atoms with Crippen LogP contribution >= 0.6 is 0 Å². The second-order valence-corrected chi connectivity index (χ2v) is 10.6. The minimum atomic E-state index is -0.504. The molecule has 4 aromatic rings. The molecule has 1 amide bonds. The maximum absolute atomic E-state index is 14.0. The van der Waals surface area contributed by atoms with Crippen LogP contribution in [0.25, 0.3) is 0 Å². The van der Waals surface area contributed by atoms with E-state index in [9.17, 15) is 9.59 Å². The number of carbonyl (C=O) groups is 2. The molecule has 1 atom stereocenters. The van der Waals surface area contributed by atoms with Gasteiger partial charge in [-0.1, -0.05) is 42.8 Å². The standard InChI is InChI=1S/C33H34N4O2/c1-23-9-3-5-11-28(23)33(39)34-26-15-13-24(14-16-26)32(38)31-30-18-17-27(22-36-19-7-2-8-20-36)37(30)21-25-10-4-6-12-29(25)35-31/h3-6,9-18,31,35H,2,7-8,19-22H2,1H3,(H,34,39). The van der Waals surface area contributed by atoms with Crippen molar-refractivity contribution in [3.8, 4) is 0 Å². The van der Waals surface area contributed by atoms with Crippen LogP contribution in [0.4, 0.5) is 11.4 Å². The zero-order valence-corrected chi connectivity index (χ0v) is 22.3. The number of Topliss-reactive ketones (excluding diaryl/α,β-unsaturated/α-hetero) is 1. The molecule has 39 heavy (non-hydrogen) atoms. The van der Waals surface area contributed by atoms with Crippen LogP contribution in [-0.2, 0) is 13.1 Å². The van der Waals surface area contributed by atoms with Crippen LogP contribution in [0.2, 0.25) is 0 Å². The third-order valence-electron chi connectivity index (χ3n) is 7.96. The number of para-hydroxylation sites is 1. The zero-order valence-electron chi connectivity index (χ0n) is 22.3. The van der Waals surface area contributed by atoms with Crippen molar-refractivity contribution in [1.29, 1.82) is 0 Å². The molecule has 6 heteroatoms. The molecule has 6 nitrogen and oxygen atoms in total. The normalized spacial score (nSPS) is 16.9. The highest BCUT2D eigenvalue weighted by molar-refractivity contribution is 6.06. The number of likely N-dealkylation sites (tertiary alicyclic amines) is 1. The summed E-state index contributed by atoms with van der Waals surface area (Å²) in [7, 11) is 0. The highest BCUT2D eigenvalue weighted by Gasteiger charge is 2.30. The van der Waals surface area contributed by atoms with Gasteiger partial charge in [0.25, 0.3) is 5.91 Å². The van der Waals surface area contributed by atoms with E-state index in [0.29, 0.717) is 16.8 Å². The summed E-state index contributed by atoms with van der Waals surface area (Å²) in [6.07, 6.45) is 3.81. The molecular weight excluding hydrogens is 484 g/mol. The van der Waals surface area contributed by atoms with Gasteiger partial charge in [-0.05, 0) is 92.5 Å². The third kappa shape index (κ3) is 5.25. The van der Waals surface area contributed by atoms with Crippen molar-refractivity contribution >= 4 is 23.1 Å². The second kappa shape index (κ2) is 10.9. The number of benzene rings is 3. The van der Waals surface area contributed by atoms with Gasteiger partial charge in [-0.15, -0.1) is 0 Å². The molecule has 6 rings (SSSR count). The molecule has 2 N–H and O–H groups in total. The molecule has 1 fully saturated rings. The quantitative estimate of drug-likeness (QED) is 0.289. The minimum absolute atomic E-state index is 0.00681. The first kappa shape index (κ1) is 25.1. The van der Waals surface area contributed by atoms with Gasteiger partial charge in [-0.2, -0.15) is 0 Å². The van der Waals surface area contributed by atoms with Gasteiger partial charge in [-0.25, -0.2) is 0 Å². The lowest BCUT2D eigenvalue weighted by Gasteiger charge is -2.27. The number of aromatic nitrogens is 1. The molecule has 2 aliphatic rings. The molecule has 3 heterocycles. The Balaban J connectivity index is 1.26. The molecule has 0 saturated carbocycles. The number of nitrogens with one attached hydrogen (secondary N) is 2. The summed E-state index contributed by atoms with van der Waals surface area (Å²) < 4.78 is 2.33. The molecular formula is C33H34N4O2. The number of anilines is 2. The summed E-state index contributed by atoms with van der Waals surface area (Å²) in [5.41, 5.74) is 7.23. The fourth-order valence-corrected chi connectivity index (χ4v) is 5.77. The van der Waals surface area contributed by atoms with E-state index in [2.05, 4.69) is 50.4 Å². The van der Waals surface area contributed by atoms with Crippen molar-refractivity contribution in [2.24, 2.45) is 0 Å². The maximum atomic E-state index is 14.0. The largest absolute Gasteiger partial charge is 0.370 e. The second-order valence-electron chi connectivity index (χ2n) is 10.6. The van der Waals surface area contributed by atoms with E-state index >= 15 is 0 Å². The Kier molecular flexibility index (Phi) is 7.03. The van der Waals surface area contributed by atoms with Gasteiger partial charge in [-0.3, -0.25) is 14.5 Å². The lowest BCUT2D eigenvalue weighted by Crippen LogP contribution is -2.30. The predicted octanol–water partition coefficient (Wildman–Crippen LogP) is 6.43. The smallest absolute Gasteiger partial charge is 0.255 e. The number of nitrogens with zero attached hydrogens (tertiary/aromatic N) is 2. The molecule has 1 aromatic heterocycles. The van der Waals surface area contributed by atoms with Gasteiger partial charge >= 0.3 is 0 Å². The Morgan fingerprint density at radius 1 is 0.872 bits per heavy atom. The van der Waals surface area contributed by atoms with Crippen LogP contribution in [0.1, 0.15) is 68.5 Å². The Bertz CT molecular complexity index is 1500. The van der Waals surface area contributed by atoms with Gasteiger partial charge in [0.15, 0.2) is 5.78 Å². The number of amides is 1. The molecule has 2 aliphatic heterocycles. The van der Waals surface area contributed by atoms with E-state index in [1.807, 2.05) is 37.3 Å². The number of ketones is 1. The van der Waals surface area contributed by atoms with Crippen molar-refractivity contribution in [2.45, 2.75) is 45.3 Å². The zero-order chi connectivity index (χ0) is 26.8. The molecule has 0 radical (unpaired) electrons. The Morgan fingerprint density at radius 2 is 1.62 bits per heavy atom. The van der Waals surface area contributed by atoms with E-state index < -0.39 is 6.04 Å². The van der Waals surface area contributed by atoms with Crippen molar-refractivity contribution in [2.75, 3.05) is 23.7 Å². The highest BCUT2D eigenvalue weighted by Crippen LogP contribution is 2.33. The molecule has 198 valence electrons. The molecule has 1 unspecified atom stereocenters. The molecule has 1 saturated heterocycles. The van der Waals surface area contributed by atoms with E-state index in [0.717, 1.165) is 43.1 Å². The Hall–Kier alpha value is -4.16. The lowest BCUT2D eigenvalue weighted by atomic mass is 10.0. The van der Waals surface area contributed by atoms with Crippen LogP contribution < -0.4 is 10.6 Å². The number of hydrogen-bond donors (Lipinski definition) is 2. The first-order chi connectivity index (χ1) is 19.1. The minimum Gasteiger partial charge on any atom is -0.370 e. The fraction of sp³-hybridized carbons (Fsp3) is 0.273. The fourth-order valence-electron chi connectivity index (χ4n) is 5.77.